The molecule has 0 bridgehead atoms. The van der Waals surface area contributed by atoms with Gasteiger partial charge >= 0.3 is 6.61 Å². The zero-order valence-electron chi connectivity index (χ0n) is 12.8. The molecule has 0 aliphatic rings. The van der Waals surface area contributed by atoms with Crippen molar-refractivity contribution in [3.05, 3.63) is 29.8 Å². The van der Waals surface area contributed by atoms with Gasteiger partial charge in [-0.05, 0) is 27.0 Å². The normalized spacial score (nSPS) is 13.2. The van der Waals surface area contributed by atoms with Gasteiger partial charge in [-0.1, -0.05) is 18.2 Å². The molecule has 0 radical (unpaired) electrons. The third-order valence-electron chi connectivity index (χ3n) is 3.14. The highest BCUT2D eigenvalue weighted by molar-refractivity contribution is 5.36. The van der Waals surface area contributed by atoms with Gasteiger partial charge in [0.25, 0.3) is 0 Å². The minimum absolute atomic E-state index is 0.157. The van der Waals surface area contributed by atoms with Gasteiger partial charge in [-0.15, -0.1) is 0 Å². The van der Waals surface area contributed by atoms with E-state index in [2.05, 4.69) is 4.74 Å². The van der Waals surface area contributed by atoms with Crippen LogP contribution in [0, 0.1) is 0 Å². The molecule has 0 amide bonds. The molecule has 21 heavy (non-hydrogen) atoms. The molecule has 1 unspecified atom stereocenters. The zero-order valence-corrected chi connectivity index (χ0v) is 12.8. The number of hydrogen-bond donors (Lipinski definition) is 1. The van der Waals surface area contributed by atoms with Crippen LogP contribution >= 0.6 is 0 Å². The lowest BCUT2D eigenvalue weighted by atomic mass is 10.0. The number of ether oxygens (including phenoxy) is 2. The second-order valence-corrected chi connectivity index (χ2v) is 5.07. The van der Waals surface area contributed by atoms with Crippen LogP contribution in [0.1, 0.15) is 25.5 Å². The summed E-state index contributed by atoms with van der Waals surface area (Å²) >= 11 is 0. The van der Waals surface area contributed by atoms with Gasteiger partial charge in [0.2, 0.25) is 0 Å². The molecule has 1 aromatic rings. The Morgan fingerprint density at radius 3 is 2.48 bits per heavy atom. The molecule has 0 aliphatic carbocycles. The molecule has 0 saturated heterocycles. The molecule has 0 saturated carbocycles. The first-order valence-corrected chi connectivity index (χ1v) is 7.01. The minimum Gasteiger partial charge on any atom is -0.434 e. The van der Waals surface area contributed by atoms with Gasteiger partial charge in [0.1, 0.15) is 5.75 Å². The molecule has 4 nitrogen and oxygen atoms in total. The first-order chi connectivity index (χ1) is 9.95. The van der Waals surface area contributed by atoms with Crippen molar-refractivity contribution in [2.45, 2.75) is 32.6 Å². The molecule has 1 atom stereocenters. The van der Waals surface area contributed by atoms with Crippen molar-refractivity contribution in [2.75, 3.05) is 26.7 Å². The SMILES string of the molecule is CC(C)OCCN(C)C(CN)c1ccccc1OC(F)F. The Labute approximate surface area is 124 Å². The summed E-state index contributed by atoms with van der Waals surface area (Å²) in [6.07, 6.45) is 0.157. The van der Waals surface area contributed by atoms with Crippen LogP contribution in [0.4, 0.5) is 8.78 Å². The van der Waals surface area contributed by atoms with E-state index in [9.17, 15) is 8.78 Å². The second-order valence-electron chi connectivity index (χ2n) is 5.07. The molecule has 2 N–H and O–H groups in total. The van der Waals surface area contributed by atoms with E-state index >= 15 is 0 Å². The fourth-order valence-corrected chi connectivity index (χ4v) is 2.09. The van der Waals surface area contributed by atoms with Crippen molar-refractivity contribution in [2.24, 2.45) is 5.73 Å². The number of nitrogens with zero attached hydrogens (tertiary/aromatic N) is 1. The number of halogens is 2. The van der Waals surface area contributed by atoms with Crippen LogP contribution in [0.25, 0.3) is 0 Å². The molecule has 0 fully saturated rings. The Kier molecular flexibility index (Phi) is 7.56. The zero-order chi connectivity index (χ0) is 15.8. The van der Waals surface area contributed by atoms with Gasteiger partial charge in [-0.3, -0.25) is 4.90 Å². The second kappa shape index (κ2) is 8.92. The highest BCUT2D eigenvalue weighted by Gasteiger charge is 2.20. The van der Waals surface area contributed by atoms with Crippen LogP contribution in [0.5, 0.6) is 5.75 Å². The average molecular weight is 302 g/mol. The fourth-order valence-electron chi connectivity index (χ4n) is 2.09. The third kappa shape index (κ3) is 5.95. The van der Waals surface area contributed by atoms with Gasteiger partial charge in [-0.25, -0.2) is 0 Å². The van der Waals surface area contributed by atoms with E-state index in [-0.39, 0.29) is 17.9 Å². The highest BCUT2D eigenvalue weighted by Crippen LogP contribution is 2.29. The number of hydrogen-bond acceptors (Lipinski definition) is 4. The average Bonchev–Trinajstić information content (AvgIpc) is 2.40. The van der Waals surface area contributed by atoms with Crippen LogP contribution < -0.4 is 10.5 Å². The minimum atomic E-state index is -2.85. The lowest BCUT2D eigenvalue weighted by Crippen LogP contribution is -2.33. The van der Waals surface area contributed by atoms with Crippen LogP contribution in [-0.4, -0.2) is 44.4 Å². The predicted octanol–water partition coefficient (Wildman–Crippen LogP) is 2.64. The molecule has 0 aromatic heterocycles. The van der Waals surface area contributed by atoms with Gasteiger partial charge in [-0.2, -0.15) is 8.78 Å². The van der Waals surface area contributed by atoms with Gasteiger partial charge in [0, 0.05) is 18.7 Å². The molecule has 6 heteroatoms. The van der Waals surface area contributed by atoms with E-state index in [0.29, 0.717) is 25.3 Å². The van der Waals surface area contributed by atoms with Crippen LogP contribution in [-0.2, 0) is 4.74 Å². The molecule has 0 aliphatic heterocycles. The van der Waals surface area contributed by atoms with E-state index in [0.717, 1.165) is 0 Å². The molecular weight excluding hydrogens is 278 g/mol. The van der Waals surface area contributed by atoms with Gasteiger partial charge < -0.3 is 15.2 Å². The maximum atomic E-state index is 12.5. The quantitative estimate of drug-likeness (QED) is 0.762. The Morgan fingerprint density at radius 2 is 1.90 bits per heavy atom. The van der Waals surface area contributed by atoms with E-state index in [1.54, 1.807) is 18.2 Å². The van der Waals surface area contributed by atoms with Crippen LogP contribution in [0.2, 0.25) is 0 Å². The fraction of sp³-hybridized carbons (Fsp3) is 0.600. The summed E-state index contributed by atoms with van der Waals surface area (Å²) in [6, 6.07) is 6.54. The van der Waals surface area contributed by atoms with Crippen molar-refractivity contribution >= 4 is 0 Å². The summed E-state index contributed by atoms with van der Waals surface area (Å²) in [4.78, 5) is 1.98. The molecule has 120 valence electrons. The summed E-state index contributed by atoms with van der Waals surface area (Å²) < 4.78 is 35.0. The number of benzene rings is 1. The maximum absolute atomic E-state index is 12.5. The molecule has 1 aromatic carbocycles. The number of nitrogens with two attached hydrogens (primary N) is 1. The van der Waals surface area contributed by atoms with E-state index < -0.39 is 6.61 Å². The standard InChI is InChI=1S/C15H24F2N2O2/c1-11(2)20-9-8-19(3)13(10-18)12-6-4-5-7-14(12)21-15(16)17/h4-7,11,13,15H,8-10,18H2,1-3H3. The Bertz CT molecular complexity index is 416. The lowest BCUT2D eigenvalue weighted by molar-refractivity contribution is -0.0512. The summed E-state index contributed by atoms with van der Waals surface area (Å²) in [7, 11) is 1.89. The Morgan fingerprint density at radius 1 is 1.24 bits per heavy atom. The topological polar surface area (TPSA) is 47.7 Å². The largest absolute Gasteiger partial charge is 0.434 e. The Hall–Kier alpha value is -1.24. The Balaban J connectivity index is 2.79. The van der Waals surface area contributed by atoms with Crippen LogP contribution in [0.15, 0.2) is 24.3 Å². The number of alkyl halides is 2. The maximum Gasteiger partial charge on any atom is 0.387 e. The van der Waals surface area contributed by atoms with Crippen molar-refractivity contribution in [1.29, 1.82) is 0 Å². The summed E-state index contributed by atoms with van der Waals surface area (Å²) in [5, 5.41) is 0. The summed E-state index contributed by atoms with van der Waals surface area (Å²) in [5.41, 5.74) is 6.47. The number of rotatable bonds is 9. The molecule has 0 spiro atoms. The van der Waals surface area contributed by atoms with E-state index in [4.69, 9.17) is 10.5 Å². The van der Waals surface area contributed by atoms with Gasteiger partial charge in [0.05, 0.1) is 18.8 Å². The third-order valence-corrected chi connectivity index (χ3v) is 3.14. The van der Waals surface area contributed by atoms with Crippen molar-refractivity contribution in [3.8, 4) is 5.75 Å². The van der Waals surface area contributed by atoms with Crippen LogP contribution in [0.3, 0.4) is 0 Å². The monoisotopic (exact) mass is 302 g/mol. The first-order valence-electron chi connectivity index (χ1n) is 7.01. The smallest absolute Gasteiger partial charge is 0.387 e. The summed E-state index contributed by atoms with van der Waals surface area (Å²) in [5.74, 6) is 0.166. The molecular formula is C15H24F2N2O2. The lowest BCUT2D eigenvalue weighted by Gasteiger charge is -2.28. The predicted molar refractivity (Wildman–Crippen MR) is 78.6 cm³/mol. The summed E-state index contributed by atoms with van der Waals surface area (Å²) in [6.45, 7) is 2.60. The van der Waals surface area contributed by atoms with E-state index in [1.165, 1.54) is 6.07 Å². The number of para-hydroxylation sites is 1. The van der Waals surface area contributed by atoms with E-state index in [1.807, 2.05) is 25.8 Å². The number of likely N-dealkylation sites (N-methyl/N-ethyl adjacent to an activating group) is 1. The van der Waals surface area contributed by atoms with Gasteiger partial charge in [0.15, 0.2) is 0 Å². The van der Waals surface area contributed by atoms with Crippen molar-refractivity contribution in [1.82, 2.24) is 4.90 Å². The molecule has 1 rings (SSSR count). The van der Waals surface area contributed by atoms with Crippen molar-refractivity contribution < 1.29 is 18.3 Å². The first kappa shape index (κ1) is 17.8. The van der Waals surface area contributed by atoms with Crippen molar-refractivity contribution in [3.63, 3.8) is 0 Å². The highest BCUT2D eigenvalue weighted by atomic mass is 19.3. The molecule has 0 heterocycles.